The maximum absolute atomic E-state index is 13.2. The third kappa shape index (κ3) is 4.43. The molecule has 7 heteroatoms. The molecule has 3 rings (SSSR count). The largest absolute Gasteiger partial charge is 0.369 e. The van der Waals surface area contributed by atoms with Gasteiger partial charge in [0, 0.05) is 54.8 Å². The molecule has 0 bridgehead atoms. The number of hydrogen-bond donors (Lipinski definition) is 1. The van der Waals surface area contributed by atoms with Crippen LogP contribution < -0.4 is 10.2 Å². The molecule has 0 saturated carbocycles. The van der Waals surface area contributed by atoms with E-state index in [-0.39, 0.29) is 5.91 Å². The molecule has 0 atom stereocenters. The molecule has 2 heterocycles. The van der Waals surface area contributed by atoms with E-state index in [1.165, 1.54) is 12.3 Å². The number of pyridine rings is 1. The smallest absolute Gasteiger partial charge is 0.238 e. The van der Waals surface area contributed by atoms with Crippen LogP contribution >= 0.6 is 11.6 Å². The van der Waals surface area contributed by atoms with Crippen molar-refractivity contribution in [2.75, 3.05) is 42.9 Å². The van der Waals surface area contributed by atoms with Gasteiger partial charge in [0.1, 0.15) is 0 Å². The Morgan fingerprint density at radius 1 is 1.17 bits per heavy atom. The average molecular weight is 349 g/mol. The maximum Gasteiger partial charge on any atom is 0.238 e. The van der Waals surface area contributed by atoms with Gasteiger partial charge in [-0.05, 0) is 30.3 Å². The number of benzene rings is 1. The van der Waals surface area contributed by atoms with Crippen molar-refractivity contribution in [1.29, 1.82) is 0 Å². The topological polar surface area (TPSA) is 48.5 Å². The van der Waals surface area contributed by atoms with Crippen LogP contribution in [0.1, 0.15) is 0 Å². The molecule has 0 spiro atoms. The van der Waals surface area contributed by atoms with Crippen molar-refractivity contribution in [3.63, 3.8) is 0 Å². The predicted octanol–water partition coefficient (Wildman–Crippen LogP) is 2.63. The van der Waals surface area contributed by atoms with E-state index in [1.807, 2.05) is 0 Å². The molecular formula is C17H18ClFN4O. The highest BCUT2D eigenvalue weighted by molar-refractivity contribution is 6.30. The minimum absolute atomic E-state index is 0.0549. The monoisotopic (exact) mass is 348 g/mol. The summed E-state index contributed by atoms with van der Waals surface area (Å²) in [6, 6.07) is 10.3. The molecule has 0 unspecified atom stereocenters. The molecule has 5 nitrogen and oxygen atoms in total. The van der Waals surface area contributed by atoms with Gasteiger partial charge >= 0.3 is 0 Å². The SMILES string of the molecule is O=C(CN1CCN(c2ccnc(F)c2)CC1)Nc1ccc(Cl)cc1. The fourth-order valence-corrected chi connectivity index (χ4v) is 2.82. The number of aromatic nitrogens is 1. The number of anilines is 2. The number of amides is 1. The molecule has 0 aliphatic carbocycles. The zero-order valence-electron chi connectivity index (χ0n) is 13.1. The molecule has 1 aromatic carbocycles. The average Bonchev–Trinajstić information content (AvgIpc) is 2.58. The van der Waals surface area contributed by atoms with Crippen molar-refractivity contribution in [2.24, 2.45) is 0 Å². The van der Waals surface area contributed by atoms with E-state index < -0.39 is 5.95 Å². The van der Waals surface area contributed by atoms with Gasteiger partial charge in [0.2, 0.25) is 11.9 Å². The van der Waals surface area contributed by atoms with Crippen LogP contribution in [-0.2, 0) is 4.79 Å². The fourth-order valence-electron chi connectivity index (χ4n) is 2.69. The summed E-state index contributed by atoms with van der Waals surface area (Å²) in [4.78, 5) is 19.9. The molecular weight excluding hydrogens is 331 g/mol. The number of carbonyl (C=O) groups excluding carboxylic acids is 1. The first-order valence-corrected chi connectivity index (χ1v) is 8.12. The van der Waals surface area contributed by atoms with Crippen molar-refractivity contribution >= 4 is 28.9 Å². The van der Waals surface area contributed by atoms with Gasteiger partial charge in [0.25, 0.3) is 0 Å². The van der Waals surface area contributed by atoms with Gasteiger partial charge < -0.3 is 10.2 Å². The second-order valence-electron chi connectivity index (χ2n) is 5.66. The third-order valence-electron chi connectivity index (χ3n) is 3.94. The number of piperazine rings is 1. The number of rotatable bonds is 4. The van der Waals surface area contributed by atoms with Crippen LogP contribution in [0.3, 0.4) is 0 Å². The van der Waals surface area contributed by atoms with Gasteiger partial charge in [-0.1, -0.05) is 11.6 Å². The highest BCUT2D eigenvalue weighted by Gasteiger charge is 2.19. The lowest BCUT2D eigenvalue weighted by atomic mass is 10.2. The Morgan fingerprint density at radius 2 is 1.88 bits per heavy atom. The first-order valence-electron chi connectivity index (χ1n) is 7.74. The van der Waals surface area contributed by atoms with E-state index in [9.17, 15) is 9.18 Å². The molecule has 1 aliphatic rings. The van der Waals surface area contributed by atoms with Crippen LogP contribution in [0.25, 0.3) is 0 Å². The van der Waals surface area contributed by atoms with E-state index in [2.05, 4.69) is 20.1 Å². The van der Waals surface area contributed by atoms with Gasteiger partial charge in [0.05, 0.1) is 6.54 Å². The van der Waals surface area contributed by atoms with Gasteiger partial charge in [-0.15, -0.1) is 0 Å². The Balaban J connectivity index is 1.48. The Morgan fingerprint density at radius 3 is 2.54 bits per heavy atom. The van der Waals surface area contributed by atoms with E-state index in [0.717, 1.165) is 37.6 Å². The van der Waals surface area contributed by atoms with Crippen LogP contribution in [0.5, 0.6) is 0 Å². The van der Waals surface area contributed by atoms with Crippen molar-refractivity contribution in [2.45, 2.75) is 0 Å². The first kappa shape index (κ1) is 16.7. The van der Waals surface area contributed by atoms with Crippen molar-refractivity contribution in [3.8, 4) is 0 Å². The summed E-state index contributed by atoms with van der Waals surface area (Å²) in [6.07, 6.45) is 1.47. The van der Waals surface area contributed by atoms with Crippen molar-refractivity contribution < 1.29 is 9.18 Å². The minimum Gasteiger partial charge on any atom is -0.369 e. The quantitative estimate of drug-likeness (QED) is 0.863. The normalized spacial score (nSPS) is 15.3. The summed E-state index contributed by atoms with van der Waals surface area (Å²) in [7, 11) is 0. The molecule has 1 aromatic heterocycles. The molecule has 1 saturated heterocycles. The van der Waals surface area contributed by atoms with E-state index in [1.54, 1.807) is 30.3 Å². The third-order valence-corrected chi connectivity index (χ3v) is 4.19. The van der Waals surface area contributed by atoms with Crippen LogP contribution in [-0.4, -0.2) is 48.5 Å². The van der Waals surface area contributed by atoms with Gasteiger partial charge in [0.15, 0.2) is 0 Å². The van der Waals surface area contributed by atoms with Crippen LogP contribution in [0.4, 0.5) is 15.8 Å². The lowest BCUT2D eigenvalue weighted by molar-refractivity contribution is -0.117. The van der Waals surface area contributed by atoms with Gasteiger partial charge in [-0.2, -0.15) is 4.39 Å². The van der Waals surface area contributed by atoms with Gasteiger partial charge in [-0.25, -0.2) is 4.98 Å². The molecule has 0 radical (unpaired) electrons. The Kier molecular flexibility index (Phi) is 5.27. The first-order chi connectivity index (χ1) is 11.6. The number of nitrogens with one attached hydrogen (secondary N) is 1. The van der Waals surface area contributed by atoms with Crippen LogP contribution in [0.15, 0.2) is 42.6 Å². The summed E-state index contributed by atoms with van der Waals surface area (Å²) >= 11 is 5.82. The number of carbonyl (C=O) groups is 1. The van der Waals surface area contributed by atoms with E-state index >= 15 is 0 Å². The number of nitrogens with zero attached hydrogens (tertiary/aromatic N) is 3. The molecule has 24 heavy (non-hydrogen) atoms. The molecule has 1 aliphatic heterocycles. The van der Waals surface area contributed by atoms with Crippen LogP contribution in [0.2, 0.25) is 5.02 Å². The number of hydrogen-bond acceptors (Lipinski definition) is 4. The zero-order valence-corrected chi connectivity index (χ0v) is 13.8. The lowest BCUT2D eigenvalue weighted by Gasteiger charge is -2.35. The Hall–Kier alpha value is -2.18. The molecule has 1 fully saturated rings. The second kappa shape index (κ2) is 7.59. The molecule has 2 aromatic rings. The lowest BCUT2D eigenvalue weighted by Crippen LogP contribution is -2.48. The summed E-state index contributed by atoms with van der Waals surface area (Å²) in [5.41, 5.74) is 1.56. The standard InChI is InChI=1S/C17H18ClFN4O/c18-13-1-3-14(4-2-13)21-17(24)12-22-7-9-23(10-8-22)15-5-6-20-16(19)11-15/h1-6,11H,7-10,12H2,(H,21,24). The molecule has 1 amide bonds. The van der Waals surface area contributed by atoms with E-state index in [4.69, 9.17) is 11.6 Å². The highest BCUT2D eigenvalue weighted by atomic mass is 35.5. The summed E-state index contributed by atoms with van der Waals surface area (Å²) < 4.78 is 13.2. The Bertz CT molecular complexity index is 702. The van der Waals surface area contributed by atoms with E-state index in [0.29, 0.717) is 11.6 Å². The Labute approximate surface area is 145 Å². The highest BCUT2D eigenvalue weighted by Crippen LogP contribution is 2.17. The predicted molar refractivity (Wildman–Crippen MR) is 92.9 cm³/mol. The minimum atomic E-state index is -0.475. The van der Waals surface area contributed by atoms with Gasteiger partial charge in [-0.3, -0.25) is 9.69 Å². The summed E-state index contributed by atoms with van der Waals surface area (Å²) in [6.45, 7) is 3.33. The maximum atomic E-state index is 13.2. The van der Waals surface area contributed by atoms with Crippen molar-refractivity contribution in [3.05, 3.63) is 53.6 Å². The van der Waals surface area contributed by atoms with Crippen molar-refractivity contribution in [1.82, 2.24) is 9.88 Å². The zero-order chi connectivity index (χ0) is 16.9. The number of halogens is 2. The second-order valence-corrected chi connectivity index (χ2v) is 6.09. The summed E-state index contributed by atoms with van der Waals surface area (Å²) in [5, 5.41) is 3.49. The van der Waals surface area contributed by atoms with Crippen LogP contribution in [0, 0.1) is 5.95 Å². The fraction of sp³-hybridized carbons (Fsp3) is 0.294. The summed E-state index contributed by atoms with van der Waals surface area (Å²) in [5.74, 6) is -0.530. The molecule has 1 N–H and O–H groups in total. The molecule has 126 valence electrons.